The molecule has 2 amide bonds. The average molecular weight is 425 g/mol. The molecule has 1 aromatic heterocycles. The van der Waals surface area contributed by atoms with Gasteiger partial charge in [-0.2, -0.15) is 5.10 Å². The number of hydrogen-bond donors (Lipinski definition) is 2. The van der Waals surface area contributed by atoms with Gasteiger partial charge in [0.15, 0.2) is 17.3 Å². The van der Waals surface area contributed by atoms with Gasteiger partial charge in [-0.25, -0.2) is 13.5 Å². The van der Waals surface area contributed by atoms with Crippen molar-refractivity contribution in [1.29, 1.82) is 0 Å². The van der Waals surface area contributed by atoms with Crippen molar-refractivity contribution in [2.45, 2.75) is 6.92 Å². The SMILES string of the molecule is CC(=O)Nc1cc(F)c(F)cc1NC(=O)c1ccn(-c2ccc(Cl)c(Cl)c2)n1. The molecule has 3 rings (SSSR count). The summed E-state index contributed by atoms with van der Waals surface area (Å²) < 4.78 is 28.4. The minimum atomic E-state index is -1.18. The van der Waals surface area contributed by atoms with Crippen molar-refractivity contribution >= 4 is 46.4 Å². The van der Waals surface area contributed by atoms with Crippen molar-refractivity contribution < 1.29 is 18.4 Å². The molecule has 0 aliphatic carbocycles. The minimum absolute atomic E-state index is 0.00424. The van der Waals surface area contributed by atoms with Gasteiger partial charge >= 0.3 is 0 Å². The molecule has 0 saturated heterocycles. The zero-order chi connectivity index (χ0) is 20.4. The number of nitrogens with one attached hydrogen (secondary N) is 2. The molecule has 28 heavy (non-hydrogen) atoms. The second kappa shape index (κ2) is 7.95. The second-order valence-corrected chi connectivity index (χ2v) is 6.51. The van der Waals surface area contributed by atoms with E-state index in [1.807, 2.05) is 0 Å². The molecule has 3 aromatic rings. The third-order valence-corrected chi connectivity index (χ3v) is 4.35. The predicted octanol–water partition coefficient (Wildman–Crippen LogP) is 4.67. The van der Waals surface area contributed by atoms with Crippen LogP contribution in [0.3, 0.4) is 0 Å². The van der Waals surface area contributed by atoms with Gasteiger partial charge in [-0.3, -0.25) is 9.59 Å². The van der Waals surface area contributed by atoms with Crippen LogP contribution in [0.2, 0.25) is 10.0 Å². The summed E-state index contributed by atoms with van der Waals surface area (Å²) in [4.78, 5) is 23.7. The van der Waals surface area contributed by atoms with Crippen molar-refractivity contribution in [3.8, 4) is 5.69 Å². The van der Waals surface area contributed by atoms with Crippen LogP contribution in [-0.2, 0) is 4.79 Å². The number of anilines is 2. The van der Waals surface area contributed by atoms with Crippen LogP contribution in [0.1, 0.15) is 17.4 Å². The first-order chi connectivity index (χ1) is 13.2. The van der Waals surface area contributed by atoms with Crippen LogP contribution in [0.4, 0.5) is 20.2 Å². The Bertz CT molecular complexity index is 1090. The van der Waals surface area contributed by atoms with Crippen LogP contribution in [-0.4, -0.2) is 21.6 Å². The molecule has 0 radical (unpaired) electrons. The zero-order valence-corrected chi connectivity index (χ0v) is 15.8. The highest BCUT2D eigenvalue weighted by molar-refractivity contribution is 6.42. The number of carbonyl (C=O) groups is 2. The van der Waals surface area contributed by atoms with Crippen LogP contribution in [0.5, 0.6) is 0 Å². The summed E-state index contributed by atoms with van der Waals surface area (Å²) in [6, 6.07) is 7.79. The van der Waals surface area contributed by atoms with Crippen molar-refractivity contribution in [2.75, 3.05) is 10.6 Å². The lowest BCUT2D eigenvalue weighted by molar-refractivity contribution is -0.114. The first-order valence-electron chi connectivity index (χ1n) is 7.83. The van der Waals surface area contributed by atoms with Gasteiger partial charge in [-0.1, -0.05) is 23.2 Å². The van der Waals surface area contributed by atoms with E-state index in [1.165, 1.54) is 23.9 Å². The highest BCUT2D eigenvalue weighted by Crippen LogP contribution is 2.26. The predicted molar refractivity (Wildman–Crippen MR) is 102 cm³/mol. The van der Waals surface area contributed by atoms with E-state index in [1.54, 1.807) is 18.2 Å². The van der Waals surface area contributed by atoms with Gasteiger partial charge in [0.1, 0.15) is 0 Å². The number of nitrogens with zero attached hydrogens (tertiary/aromatic N) is 2. The highest BCUT2D eigenvalue weighted by Gasteiger charge is 2.16. The number of amides is 2. The molecule has 0 spiro atoms. The maximum Gasteiger partial charge on any atom is 0.276 e. The fourth-order valence-corrected chi connectivity index (χ4v) is 2.64. The molecule has 6 nitrogen and oxygen atoms in total. The molecule has 144 valence electrons. The van der Waals surface area contributed by atoms with E-state index in [-0.39, 0.29) is 17.1 Å². The van der Waals surface area contributed by atoms with Crippen LogP contribution in [0.25, 0.3) is 5.69 Å². The van der Waals surface area contributed by atoms with Crippen molar-refractivity contribution in [3.63, 3.8) is 0 Å². The molecule has 0 bridgehead atoms. The smallest absolute Gasteiger partial charge is 0.276 e. The van der Waals surface area contributed by atoms with Crippen molar-refractivity contribution in [2.24, 2.45) is 0 Å². The lowest BCUT2D eigenvalue weighted by atomic mass is 10.2. The maximum atomic E-state index is 13.6. The lowest BCUT2D eigenvalue weighted by Crippen LogP contribution is -2.16. The van der Waals surface area contributed by atoms with Gasteiger partial charge in [0.2, 0.25) is 5.91 Å². The van der Waals surface area contributed by atoms with Crippen LogP contribution < -0.4 is 10.6 Å². The molecule has 10 heteroatoms. The van der Waals surface area contributed by atoms with E-state index in [2.05, 4.69) is 15.7 Å². The van der Waals surface area contributed by atoms with Gasteiger partial charge in [-0.05, 0) is 24.3 Å². The average Bonchev–Trinajstić information content (AvgIpc) is 3.11. The van der Waals surface area contributed by atoms with Crippen LogP contribution >= 0.6 is 23.2 Å². The van der Waals surface area contributed by atoms with Gasteiger partial charge in [0.25, 0.3) is 5.91 Å². The van der Waals surface area contributed by atoms with Gasteiger partial charge in [0.05, 0.1) is 27.1 Å². The molecule has 0 aliphatic rings. The molecule has 1 heterocycles. The summed E-state index contributed by atoms with van der Waals surface area (Å²) in [6.07, 6.45) is 1.52. The van der Waals surface area contributed by atoms with E-state index in [9.17, 15) is 18.4 Å². The zero-order valence-electron chi connectivity index (χ0n) is 14.3. The number of hydrogen-bond acceptors (Lipinski definition) is 3. The first kappa shape index (κ1) is 19.8. The largest absolute Gasteiger partial charge is 0.324 e. The van der Waals surface area contributed by atoms with E-state index in [4.69, 9.17) is 23.2 Å². The summed E-state index contributed by atoms with van der Waals surface area (Å²) in [5.41, 5.74) is 0.386. The Morgan fingerprint density at radius 1 is 0.964 bits per heavy atom. The lowest BCUT2D eigenvalue weighted by Gasteiger charge is -2.11. The molecule has 0 saturated carbocycles. The number of rotatable bonds is 4. The Balaban J connectivity index is 1.86. The van der Waals surface area contributed by atoms with Crippen LogP contribution in [0.15, 0.2) is 42.6 Å². The van der Waals surface area contributed by atoms with E-state index in [0.717, 1.165) is 12.1 Å². The second-order valence-electron chi connectivity index (χ2n) is 5.69. The highest BCUT2D eigenvalue weighted by atomic mass is 35.5. The molecule has 0 atom stereocenters. The molecule has 2 N–H and O–H groups in total. The topological polar surface area (TPSA) is 76.0 Å². The fourth-order valence-electron chi connectivity index (χ4n) is 2.35. The Morgan fingerprint density at radius 3 is 2.21 bits per heavy atom. The van der Waals surface area contributed by atoms with E-state index < -0.39 is 23.4 Å². The fraction of sp³-hybridized carbons (Fsp3) is 0.0556. The van der Waals surface area contributed by atoms with Crippen molar-refractivity contribution in [3.05, 3.63) is 70.0 Å². The molecular formula is C18H12Cl2F2N4O2. The Hall–Kier alpha value is -2.97. The number of carbonyl (C=O) groups excluding carboxylic acids is 2. The third-order valence-electron chi connectivity index (χ3n) is 3.61. The molecule has 0 fully saturated rings. The molecule has 0 aliphatic heterocycles. The van der Waals surface area contributed by atoms with E-state index in [0.29, 0.717) is 15.7 Å². The molecule has 2 aromatic carbocycles. The Morgan fingerprint density at radius 2 is 1.61 bits per heavy atom. The normalized spacial score (nSPS) is 10.6. The van der Waals surface area contributed by atoms with Gasteiger partial charge in [0, 0.05) is 25.3 Å². The monoisotopic (exact) mass is 424 g/mol. The van der Waals surface area contributed by atoms with E-state index >= 15 is 0 Å². The standard InChI is InChI=1S/C18H12Cl2F2N4O2/c1-9(27)23-16-7-13(21)14(22)8-17(16)24-18(28)15-4-5-26(25-15)10-2-3-11(19)12(20)6-10/h2-8H,1H3,(H,23,27)(H,24,28). The number of benzene rings is 2. The minimum Gasteiger partial charge on any atom is -0.324 e. The van der Waals surface area contributed by atoms with Crippen LogP contribution in [0, 0.1) is 11.6 Å². The van der Waals surface area contributed by atoms with Crippen molar-refractivity contribution in [1.82, 2.24) is 9.78 Å². The molecular weight excluding hydrogens is 413 g/mol. The van der Waals surface area contributed by atoms with Gasteiger partial charge in [-0.15, -0.1) is 0 Å². The quantitative estimate of drug-likeness (QED) is 0.638. The first-order valence-corrected chi connectivity index (χ1v) is 8.59. The summed E-state index contributed by atoms with van der Waals surface area (Å²) in [5, 5.41) is 9.55. The summed E-state index contributed by atoms with van der Waals surface area (Å²) in [6.45, 7) is 1.20. The summed E-state index contributed by atoms with van der Waals surface area (Å²) >= 11 is 11.8. The third kappa shape index (κ3) is 4.29. The Kier molecular flexibility index (Phi) is 5.62. The Labute approximate surface area is 168 Å². The summed E-state index contributed by atoms with van der Waals surface area (Å²) in [7, 11) is 0. The number of aromatic nitrogens is 2. The van der Waals surface area contributed by atoms with Gasteiger partial charge < -0.3 is 10.6 Å². The summed E-state index contributed by atoms with van der Waals surface area (Å²) in [5.74, 6) is -3.53. The molecule has 0 unspecified atom stereocenters. The number of halogens is 4. The maximum absolute atomic E-state index is 13.6.